The summed E-state index contributed by atoms with van der Waals surface area (Å²) in [6.07, 6.45) is 3.21. The summed E-state index contributed by atoms with van der Waals surface area (Å²) in [5.74, 6) is 1.46. The Morgan fingerprint density at radius 1 is 1.31 bits per heavy atom. The summed E-state index contributed by atoms with van der Waals surface area (Å²) in [5.41, 5.74) is 0. The van der Waals surface area contributed by atoms with Crippen molar-refractivity contribution in [3.8, 4) is 0 Å². The van der Waals surface area contributed by atoms with Gasteiger partial charge in [-0.25, -0.2) is 0 Å². The average Bonchev–Trinajstić information content (AvgIpc) is 2.78. The van der Waals surface area contributed by atoms with Crippen LogP contribution in [0.15, 0.2) is 4.42 Å². The molecular formula is C11H20N4O. The van der Waals surface area contributed by atoms with Crippen LogP contribution in [0.4, 0.5) is 0 Å². The number of hydrogen-bond donors (Lipinski definition) is 1. The van der Waals surface area contributed by atoms with Crippen LogP contribution in [0.1, 0.15) is 31.5 Å². The Balaban J connectivity index is 1.87. The molecule has 0 aromatic carbocycles. The van der Waals surface area contributed by atoms with Gasteiger partial charge >= 0.3 is 0 Å². The van der Waals surface area contributed by atoms with Gasteiger partial charge in [0.25, 0.3) is 0 Å². The summed E-state index contributed by atoms with van der Waals surface area (Å²) < 4.78 is 5.51. The highest BCUT2D eigenvalue weighted by Gasteiger charge is 2.19. The molecule has 5 heteroatoms. The second kappa shape index (κ2) is 5.41. The summed E-state index contributed by atoms with van der Waals surface area (Å²) >= 11 is 0. The molecule has 1 fully saturated rings. The van der Waals surface area contributed by atoms with E-state index in [2.05, 4.69) is 27.5 Å². The first-order valence-electron chi connectivity index (χ1n) is 6.01. The quantitative estimate of drug-likeness (QED) is 0.820. The largest absolute Gasteiger partial charge is 0.424 e. The third-order valence-electron chi connectivity index (χ3n) is 3.13. The second-order valence-electron chi connectivity index (χ2n) is 4.34. The average molecular weight is 224 g/mol. The summed E-state index contributed by atoms with van der Waals surface area (Å²) in [4.78, 5) is 2.31. The molecule has 1 N–H and O–H groups in total. The van der Waals surface area contributed by atoms with E-state index in [-0.39, 0.29) is 0 Å². The lowest BCUT2D eigenvalue weighted by atomic mass is 10.1. The number of aryl methyl sites for hydroxylation is 1. The SMILES string of the molecule is CCc1nnc(CN(C)C2CCNCC2)o1. The van der Waals surface area contributed by atoms with Crippen molar-refractivity contribution < 1.29 is 4.42 Å². The number of rotatable bonds is 4. The third kappa shape index (κ3) is 2.80. The standard InChI is InChI=1S/C11H20N4O/c1-3-10-13-14-11(16-10)8-15(2)9-4-6-12-7-5-9/h9,12H,3-8H2,1-2H3. The maximum atomic E-state index is 5.51. The topological polar surface area (TPSA) is 54.2 Å². The molecular weight excluding hydrogens is 204 g/mol. The molecule has 5 nitrogen and oxygen atoms in total. The van der Waals surface area contributed by atoms with E-state index in [1.54, 1.807) is 0 Å². The maximum absolute atomic E-state index is 5.51. The van der Waals surface area contributed by atoms with Crippen LogP contribution in [0.25, 0.3) is 0 Å². The molecule has 1 aliphatic rings. The van der Waals surface area contributed by atoms with Gasteiger partial charge in [-0.05, 0) is 33.0 Å². The number of hydrogen-bond acceptors (Lipinski definition) is 5. The van der Waals surface area contributed by atoms with Gasteiger partial charge in [-0.1, -0.05) is 6.92 Å². The predicted molar refractivity (Wildman–Crippen MR) is 61.0 cm³/mol. The van der Waals surface area contributed by atoms with Gasteiger partial charge in [0.1, 0.15) is 0 Å². The fourth-order valence-electron chi connectivity index (χ4n) is 2.09. The molecule has 0 amide bonds. The zero-order valence-corrected chi connectivity index (χ0v) is 10.1. The summed E-state index contributed by atoms with van der Waals surface area (Å²) in [5, 5.41) is 11.4. The Labute approximate surface area is 96.2 Å². The zero-order chi connectivity index (χ0) is 11.4. The first kappa shape index (κ1) is 11.5. The van der Waals surface area contributed by atoms with Crippen molar-refractivity contribution in [3.63, 3.8) is 0 Å². The minimum absolute atomic E-state index is 0.637. The molecule has 1 aromatic rings. The van der Waals surface area contributed by atoms with Gasteiger partial charge in [0, 0.05) is 12.5 Å². The van der Waals surface area contributed by atoms with Crippen LogP contribution in [0, 0.1) is 0 Å². The number of nitrogens with one attached hydrogen (secondary N) is 1. The monoisotopic (exact) mass is 224 g/mol. The fourth-order valence-corrected chi connectivity index (χ4v) is 2.09. The van der Waals surface area contributed by atoms with E-state index in [9.17, 15) is 0 Å². The predicted octanol–water partition coefficient (Wildman–Crippen LogP) is 0.816. The minimum atomic E-state index is 0.637. The molecule has 0 saturated carbocycles. The van der Waals surface area contributed by atoms with Crippen LogP contribution in [-0.4, -0.2) is 41.3 Å². The van der Waals surface area contributed by atoms with E-state index in [1.165, 1.54) is 12.8 Å². The van der Waals surface area contributed by atoms with Crippen molar-refractivity contribution in [3.05, 3.63) is 11.8 Å². The Morgan fingerprint density at radius 2 is 2.00 bits per heavy atom. The van der Waals surface area contributed by atoms with Crippen molar-refractivity contribution in [1.82, 2.24) is 20.4 Å². The highest BCUT2D eigenvalue weighted by molar-refractivity contribution is 4.83. The maximum Gasteiger partial charge on any atom is 0.230 e. The van der Waals surface area contributed by atoms with E-state index in [1.807, 2.05) is 6.92 Å². The van der Waals surface area contributed by atoms with Crippen molar-refractivity contribution in [1.29, 1.82) is 0 Å². The van der Waals surface area contributed by atoms with Gasteiger partial charge in [0.15, 0.2) is 0 Å². The van der Waals surface area contributed by atoms with Gasteiger partial charge < -0.3 is 9.73 Å². The van der Waals surface area contributed by atoms with Gasteiger partial charge in [-0.3, -0.25) is 4.90 Å². The summed E-state index contributed by atoms with van der Waals surface area (Å²) in [7, 11) is 2.13. The van der Waals surface area contributed by atoms with Crippen molar-refractivity contribution in [2.24, 2.45) is 0 Å². The lowest BCUT2D eigenvalue weighted by Crippen LogP contribution is -2.40. The number of piperidine rings is 1. The highest BCUT2D eigenvalue weighted by Crippen LogP contribution is 2.13. The minimum Gasteiger partial charge on any atom is -0.424 e. The molecule has 0 unspecified atom stereocenters. The number of aromatic nitrogens is 2. The van der Waals surface area contributed by atoms with Crippen LogP contribution in [0.5, 0.6) is 0 Å². The first-order chi connectivity index (χ1) is 7.79. The molecule has 2 heterocycles. The van der Waals surface area contributed by atoms with Crippen LogP contribution in [0.3, 0.4) is 0 Å². The Bertz CT molecular complexity index is 320. The fraction of sp³-hybridized carbons (Fsp3) is 0.818. The van der Waals surface area contributed by atoms with E-state index >= 15 is 0 Å². The highest BCUT2D eigenvalue weighted by atomic mass is 16.4. The van der Waals surface area contributed by atoms with Crippen molar-refractivity contribution in [2.75, 3.05) is 20.1 Å². The Morgan fingerprint density at radius 3 is 2.62 bits per heavy atom. The molecule has 1 saturated heterocycles. The molecule has 0 radical (unpaired) electrons. The molecule has 2 rings (SSSR count). The normalized spacial score (nSPS) is 18.2. The Hall–Kier alpha value is -0.940. The van der Waals surface area contributed by atoms with Gasteiger partial charge in [0.2, 0.25) is 11.8 Å². The number of nitrogens with zero attached hydrogens (tertiary/aromatic N) is 3. The molecule has 90 valence electrons. The van der Waals surface area contributed by atoms with Crippen LogP contribution >= 0.6 is 0 Å². The molecule has 0 spiro atoms. The smallest absolute Gasteiger partial charge is 0.230 e. The molecule has 0 atom stereocenters. The second-order valence-corrected chi connectivity index (χ2v) is 4.34. The van der Waals surface area contributed by atoms with Crippen LogP contribution < -0.4 is 5.32 Å². The molecule has 1 aliphatic heterocycles. The summed E-state index contributed by atoms with van der Waals surface area (Å²) in [6, 6.07) is 0.637. The first-order valence-corrected chi connectivity index (χ1v) is 6.01. The van der Waals surface area contributed by atoms with Gasteiger partial charge in [-0.2, -0.15) is 0 Å². The van der Waals surface area contributed by atoms with Crippen molar-refractivity contribution in [2.45, 2.75) is 38.8 Å². The third-order valence-corrected chi connectivity index (χ3v) is 3.13. The van der Waals surface area contributed by atoms with Crippen molar-refractivity contribution >= 4 is 0 Å². The Kier molecular flexibility index (Phi) is 3.90. The van der Waals surface area contributed by atoms with Crippen LogP contribution in [-0.2, 0) is 13.0 Å². The lowest BCUT2D eigenvalue weighted by molar-refractivity contribution is 0.175. The molecule has 0 bridgehead atoms. The molecule has 16 heavy (non-hydrogen) atoms. The summed E-state index contributed by atoms with van der Waals surface area (Å²) in [6.45, 7) is 5.00. The van der Waals surface area contributed by atoms with E-state index in [0.717, 1.165) is 37.8 Å². The lowest BCUT2D eigenvalue weighted by Gasteiger charge is -2.30. The van der Waals surface area contributed by atoms with Crippen LogP contribution in [0.2, 0.25) is 0 Å². The molecule has 1 aromatic heterocycles. The van der Waals surface area contributed by atoms with Gasteiger partial charge in [-0.15, -0.1) is 10.2 Å². The zero-order valence-electron chi connectivity index (χ0n) is 10.1. The molecule has 0 aliphatic carbocycles. The van der Waals surface area contributed by atoms with Gasteiger partial charge in [0.05, 0.1) is 6.54 Å². The van der Waals surface area contributed by atoms with E-state index in [0.29, 0.717) is 6.04 Å². The van der Waals surface area contributed by atoms with E-state index < -0.39 is 0 Å². The van der Waals surface area contributed by atoms with E-state index in [4.69, 9.17) is 4.42 Å².